The van der Waals surface area contributed by atoms with Crippen molar-refractivity contribution in [2.75, 3.05) is 7.05 Å². The third kappa shape index (κ3) is 3.05. The largest absolute Gasteiger partial charge is 0.309 e. The lowest BCUT2D eigenvalue weighted by molar-refractivity contribution is 0.574. The van der Waals surface area contributed by atoms with Gasteiger partial charge in [0.25, 0.3) is 0 Å². The zero-order valence-corrected chi connectivity index (χ0v) is 13.9. The Labute approximate surface area is 132 Å². The van der Waals surface area contributed by atoms with Crippen LogP contribution in [-0.4, -0.2) is 7.05 Å². The van der Waals surface area contributed by atoms with E-state index in [4.69, 9.17) is 11.6 Å². The highest BCUT2D eigenvalue weighted by molar-refractivity contribution is 9.10. The predicted molar refractivity (Wildman–Crippen MR) is 85.9 cm³/mol. The second kappa shape index (κ2) is 6.25. The van der Waals surface area contributed by atoms with Crippen molar-refractivity contribution in [2.45, 2.75) is 19.9 Å². The molecule has 1 N–H and O–H groups in total. The number of nitrogens with one attached hydrogen (secondary N) is 1. The molecule has 0 bridgehead atoms. The lowest BCUT2D eigenvalue weighted by atomic mass is 9.93. The van der Waals surface area contributed by atoms with Gasteiger partial charge in [0.2, 0.25) is 0 Å². The first-order valence-corrected chi connectivity index (χ1v) is 7.50. The third-order valence-electron chi connectivity index (χ3n) is 3.39. The van der Waals surface area contributed by atoms with Crippen molar-refractivity contribution in [3.63, 3.8) is 0 Å². The maximum absolute atomic E-state index is 14.3. The summed E-state index contributed by atoms with van der Waals surface area (Å²) in [5.74, 6) is -0.276. The van der Waals surface area contributed by atoms with Gasteiger partial charge in [0.15, 0.2) is 0 Å². The summed E-state index contributed by atoms with van der Waals surface area (Å²) < 4.78 is 14.8. The Hall–Kier alpha value is -0.900. The number of benzene rings is 2. The minimum absolute atomic E-state index is 0.222. The van der Waals surface area contributed by atoms with Gasteiger partial charge in [-0.05, 0) is 60.1 Å². The van der Waals surface area contributed by atoms with Crippen LogP contribution in [0.2, 0.25) is 5.02 Å². The molecule has 0 saturated carbocycles. The summed E-state index contributed by atoms with van der Waals surface area (Å²) in [6.07, 6.45) is 0. The summed E-state index contributed by atoms with van der Waals surface area (Å²) in [7, 11) is 1.82. The highest BCUT2D eigenvalue weighted by atomic mass is 79.9. The fourth-order valence-corrected chi connectivity index (χ4v) is 2.80. The predicted octanol–water partition coefficient (Wildman–Crippen LogP) is 5.17. The first-order valence-electron chi connectivity index (χ1n) is 6.33. The van der Waals surface area contributed by atoms with Crippen LogP contribution in [0.3, 0.4) is 0 Å². The average Bonchev–Trinajstić information content (AvgIpc) is 2.40. The Kier molecular flexibility index (Phi) is 4.84. The fourth-order valence-electron chi connectivity index (χ4n) is 2.31. The van der Waals surface area contributed by atoms with Crippen LogP contribution in [0.15, 0.2) is 34.8 Å². The molecule has 0 fully saturated rings. The second-order valence-electron chi connectivity index (χ2n) is 4.87. The third-order valence-corrected chi connectivity index (χ3v) is 4.58. The van der Waals surface area contributed by atoms with Crippen molar-refractivity contribution in [1.82, 2.24) is 5.32 Å². The van der Waals surface area contributed by atoms with E-state index < -0.39 is 0 Å². The molecule has 0 aliphatic heterocycles. The van der Waals surface area contributed by atoms with Crippen LogP contribution < -0.4 is 5.32 Å². The van der Waals surface area contributed by atoms with E-state index in [9.17, 15) is 4.39 Å². The number of halogens is 3. The maximum atomic E-state index is 14.3. The Balaban J connectivity index is 2.58. The fraction of sp³-hybridized carbons (Fsp3) is 0.250. The summed E-state index contributed by atoms with van der Waals surface area (Å²) in [4.78, 5) is 0. The molecule has 4 heteroatoms. The molecule has 106 valence electrons. The summed E-state index contributed by atoms with van der Waals surface area (Å²) >= 11 is 9.35. The Morgan fingerprint density at radius 3 is 2.50 bits per heavy atom. The second-order valence-corrected chi connectivity index (χ2v) is 6.13. The molecule has 0 spiro atoms. The lowest BCUT2D eigenvalue weighted by Gasteiger charge is -2.21. The number of rotatable bonds is 3. The molecule has 1 atom stereocenters. The van der Waals surface area contributed by atoms with Crippen LogP contribution in [0.1, 0.15) is 28.3 Å². The lowest BCUT2D eigenvalue weighted by Crippen LogP contribution is -2.20. The van der Waals surface area contributed by atoms with Gasteiger partial charge in [0.05, 0.1) is 11.1 Å². The van der Waals surface area contributed by atoms with Gasteiger partial charge >= 0.3 is 0 Å². The monoisotopic (exact) mass is 355 g/mol. The zero-order valence-electron chi connectivity index (χ0n) is 11.6. The highest BCUT2D eigenvalue weighted by Crippen LogP contribution is 2.32. The van der Waals surface area contributed by atoms with Crippen molar-refractivity contribution in [3.05, 3.63) is 67.9 Å². The first-order chi connectivity index (χ1) is 9.43. The number of hydrogen-bond donors (Lipinski definition) is 1. The molecule has 0 saturated heterocycles. The van der Waals surface area contributed by atoms with Crippen LogP contribution >= 0.6 is 27.5 Å². The first kappa shape index (κ1) is 15.5. The van der Waals surface area contributed by atoms with E-state index >= 15 is 0 Å². The van der Waals surface area contributed by atoms with Crippen LogP contribution in [0.5, 0.6) is 0 Å². The molecule has 20 heavy (non-hydrogen) atoms. The molecule has 2 aromatic carbocycles. The SMILES string of the molecule is CNC(c1cc(C)ccc1C)c1cc(Cl)c(Br)cc1F. The van der Waals surface area contributed by atoms with Crippen molar-refractivity contribution in [1.29, 1.82) is 0 Å². The Morgan fingerprint density at radius 1 is 1.15 bits per heavy atom. The molecule has 2 rings (SSSR count). The topological polar surface area (TPSA) is 12.0 Å². The van der Waals surface area contributed by atoms with Gasteiger partial charge in [0.1, 0.15) is 5.82 Å². The summed E-state index contributed by atoms with van der Waals surface area (Å²) in [6, 6.07) is 9.03. The van der Waals surface area contributed by atoms with Gasteiger partial charge in [-0.1, -0.05) is 35.4 Å². The van der Waals surface area contributed by atoms with Gasteiger partial charge in [-0.2, -0.15) is 0 Å². The van der Waals surface area contributed by atoms with Gasteiger partial charge in [-0.3, -0.25) is 0 Å². The summed E-state index contributed by atoms with van der Waals surface area (Å²) in [6.45, 7) is 4.05. The normalized spacial score (nSPS) is 12.5. The van der Waals surface area contributed by atoms with E-state index in [0.717, 1.165) is 16.7 Å². The molecule has 1 unspecified atom stereocenters. The van der Waals surface area contributed by atoms with E-state index in [1.165, 1.54) is 6.07 Å². The standard InChI is InChI=1S/C16H16BrClFN/c1-9-4-5-10(2)11(6-9)16(20-3)12-7-14(18)13(17)8-15(12)19/h4-8,16,20H,1-3H3. The van der Waals surface area contributed by atoms with Crippen LogP contribution in [0.25, 0.3) is 0 Å². The maximum Gasteiger partial charge on any atom is 0.129 e. The van der Waals surface area contributed by atoms with Gasteiger partial charge in [-0.15, -0.1) is 0 Å². The number of aryl methyl sites for hydroxylation is 2. The highest BCUT2D eigenvalue weighted by Gasteiger charge is 2.19. The summed E-state index contributed by atoms with van der Waals surface area (Å²) in [5.41, 5.74) is 3.88. The molecular weight excluding hydrogens is 341 g/mol. The van der Waals surface area contributed by atoms with Crippen molar-refractivity contribution in [3.8, 4) is 0 Å². The van der Waals surface area contributed by atoms with Crippen molar-refractivity contribution >= 4 is 27.5 Å². The summed E-state index contributed by atoms with van der Waals surface area (Å²) in [5, 5.41) is 3.68. The molecule has 2 aromatic rings. The van der Waals surface area contributed by atoms with E-state index in [1.54, 1.807) is 6.07 Å². The smallest absolute Gasteiger partial charge is 0.129 e. The van der Waals surface area contributed by atoms with Crippen LogP contribution in [0.4, 0.5) is 4.39 Å². The Morgan fingerprint density at radius 2 is 1.85 bits per heavy atom. The number of hydrogen-bond acceptors (Lipinski definition) is 1. The molecule has 0 radical (unpaired) electrons. The molecule has 0 aliphatic rings. The van der Waals surface area contributed by atoms with E-state index in [1.807, 2.05) is 27.0 Å². The molecule has 0 aromatic heterocycles. The van der Waals surface area contributed by atoms with Crippen LogP contribution in [0, 0.1) is 19.7 Å². The van der Waals surface area contributed by atoms with Gasteiger partial charge in [0, 0.05) is 10.0 Å². The van der Waals surface area contributed by atoms with Crippen LogP contribution in [-0.2, 0) is 0 Å². The van der Waals surface area contributed by atoms with E-state index in [-0.39, 0.29) is 11.9 Å². The quantitative estimate of drug-likeness (QED) is 0.748. The zero-order chi connectivity index (χ0) is 14.9. The molecule has 0 heterocycles. The average molecular weight is 357 g/mol. The molecule has 0 aliphatic carbocycles. The van der Waals surface area contributed by atoms with Gasteiger partial charge in [-0.25, -0.2) is 4.39 Å². The molecular formula is C16H16BrClFN. The van der Waals surface area contributed by atoms with Crippen molar-refractivity contribution in [2.24, 2.45) is 0 Å². The van der Waals surface area contributed by atoms with Gasteiger partial charge < -0.3 is 5.32 Å². The molecule has 0 amide bonds. The van der Waals surface area contributed by atoms with E-state index in [0.29, 0.717) is 15.1 Å². The van der Waals surface area contributed by atoms with Crippen molar-refractivity contribution < 1.29 is 4.39 Å². The molecule has 1 nitrogen and oxygen atoms in total. The van der Waals surface area contributed by atoms with E-state index in [2.05, 4.69) is 33.4 Å². The minimum Gasteiger partial charge on any atom is -0.309 e. The minimum atomic E-state index is -0.276. The Bertz CT molecular complexity index is 643.